The van der Waals surface area contributed by atoms with Crippen molar-refractivity contribution in [3.8, 4) is 0 Å². The Kier molecular flexibility index (Phi) is 5.50. The van der Waals surface area contributed by atoms with Crippen molar-refractivity contribution in [2.24, 2.45) is 0 Å². The van der Waals surface area contributed by atoms with Crippen LogP contribution in [0.1, 0.15) is 11.1 Å². The lowest BCUT2D eigenvalue weighted by Crippen LogP contribution is -2.27. The molecule has 0 aliphatic carbocycles. The molecule has 0 saturated carbocycles. The number of halogens is 2. The molecule has 3 nitrogen and oxygen atoms in total. The zero-order chi connectivity index (χ0) is 17.8. The van der Waals surface area contributed by atoms with Crippen LogP contribution in [0.25, 0.3) is 6.08 Å². The number of thioether (sulfide) groups is 1. The topological polar surface area (TPSA) is 37.4 Å². The highest BCUT2D eigenvalue weighted by atomic mass is 79.9. The molecule has 0 atom stereocenters. The summed E-state index contributed by atoms with van der Waals surface area (Å²) in [7, 11) is 0. The van der Waals surface area contributed by atoms with Crippen molar-refractivity contribution >= 4 is 44.9 Å². The fraction of sp³-hybridized carbons (Fsp3) is 0.0526. The Labute approximate surface area is 157 Å². The maximum absolute atomic E-state index is 13.7. The molecule has 1 saturated heterocycles. The summed E-state index contributed by atoms with van der Waals surface area (Å²) < 4.78 is 14.7. The number of hydrogen-bond acceptors (Lipinski definition) is 3. The first-order valence-corrected chi connectivity index (χ1v) is 9.06. The summed E-state index contributed by atoms with van der Waals surface area (Å²) in [6.45, 7) is -0.0644. The van der Waals surface area contributed by atoms with E-state index in [1.165, 1.54) is 6.07 Å². The molecule has 25 heavy (non-hydrogen) atoms. The Morgan fingerprint density at radius 2 is 1.80 bits per heavy atom. The minimum absolute atomic E-state index is 0.0644. The second-order valence-corrected chi connectivity index (χ2v) is 7.20. The minimum Gasteiger partial charge on any atom is -0.268 e. The van der Waals surface area contributed by atoms with Crippen molar-refractivity contribution in [1.29, 1.82) is 0 Å². The third-order valence-electron chi connectivity index (χ3n) is 3.57. The van der Waals surface area contributed by atoms with Gasteiger partial charge in [0.2, 0.25) is 0 Å². The van der Waals surface area contributed by atoms with E-state index in [9.17, 15) is 14.0 Å². The molecule has 1 aliphatic heterocycles. The predicted molar refractivity (Wildman–Crippen MR) is 101 cm³/mol. The Bertz CT molecular complexity index is 877. The Morgan fingerprint density at radius 1 is 1.08 bits per heavy atom. The fourth-order valence-electron chi connectivity index (χ4n) is 2.27. The molecule has 3 rings (SSSR count). The molecule has 0 unspecified atom stereocenters. The highest BCUT2D eigenvalue weighted by molar-refractivity contribution is 9.10. The van der Waals surface area contributed by atoms with Gasteiger partial charge in [-0.25, -0.2) is 4.39 Å². The Hall–Kier alpha value is -2.18. The number of hydrogen-bond donors (Lipinski definition) is 0. The number of imide groups is 1. The van der Waals surface area contributed by atoms with E-state index in [-0.39, 0.29) is 6.54 Å². The van der Waals surface area contributed by atoms with Crippen LogP contribution < -0.4 is 0 Å². The van der Waals surface area contributed by atoms with E-state index in [2.05, 4.69) is 15.9 Å². The number of carbonyl (C=O) groups is 2. The van der Waals surface area contributed by atoms with Crippen LogP contribution in [-0.4, -0.2) is 16.0 Å². The summed E-state index contributed by atoms with van der Waals surface area (Å²) in [5.74, 6) is -0.834. The van der Waals surface area contributed by atoms with Gasteiger partial charge >= 0.3 is 0 Å². The molecule has 0 N–H and O–H groups in total. The Balaban J connectivity index is 1.72. The lowest BCUT2D eigenvalue weighted by molar-refractivity contribution is -0.123. The van der Waals surface area contributed by atoms with Crippen molar-refractivity contribution in [2.75, 3.05) is 0 Å². The Morgan fingerprint density at radius 3 is 2.52 bits per heavy atom. The van der Waals surface area contributed by atoms with Gasteiger partial charge in [0.15, 0.2) is 0 Å². The average molecular weight is 418 g/mol. The molecule has 0 bridgehead atoms. The maximum atomic E-state index is 13.7. The average Bonchev–Trinajstić information content (AvgIpc) is 2.86. The zero-order valence-electron chi connectivity index (χ0n) is 13.0. The van der Waals surface area contributed by atoms with E-state index in [1.807, 2.05) is 30.3 Å². The van der Waals surface area contributed by atoms with Crippen molar-refractivity contribution < 1.29 is 14.0 Å². The molecule has 0 spiro atoms. The lowest BCUT2D eigenvalue weighted by Gasteiger charge is -2.12. The van der Waals surface area contributed by atoms with Gasteiger partial charge < -0.3 is 0 Å². The molecular formula is C19H13BrFNO2S. The zero-order valence-corrected chi connectivity index (χ0v) is 15.4. The highest BCUT2D eigenvalue weighted by Crippen LogP contribution is 2.32. The SMILES string of the molecule is O=C1S/C(=C\C=C\c2ccc(Br)cc2)C(=O)N1Cc1ccccc1F. The molecule has 1 aliphatic rings. The van der Waals surface area contributed by atoms with Crippen molar-refractivity contribution in [3.63, 3.8) is 0 Å². The molecule has 1 fully saturated rings. The number of amides is 2. The van der Waals surface area contributed by atoms with Crippen LogP contribution in [-0.2, 0) is 11.3 Å². The summed E-state index contributed by atoms with van der Waals surface area (Å²) in [4.78, 5) is 25.8. The molecule has 2 aromatic carbocycles. The molecular weight excluding hydrogens is 405 g/mol. The van der Waals surface area contributed by atoms with Gasteiger partial charge in [0.05, 0.1) is 11.4 Å². The molecule has 2 aromatic rings. The van der Waals surface area contributed by atoms with Crippen LogP contribution in [0.4, 0.5) is 9.18 Å². The van der Waals surface area contributed by atoms with E-state index in [4.69, 9.17) is 0 Å². The van der Waals surface area contributed by atoms with Crippen LogP contribution in [0.2, 0.25) is 0 Å². The van der Waals surface area contributed by atoms with E-state index < -0.39 is 17.0 Å². The minimum atomic E-state index is -0.430. The lowest BCUT2D eigenvalue weighted by atomic mass is 10.2. The second kappa shape index (κ2) is 7.80. The van der Waals surface area contributed by atoms with Gasteiger partial charge in [-0.2, -0.15) is 0 Å². The molecule has 6 heteroatoms. The van der Waals surface area contributed by atoms with E-state index in [0.717, 1.165) is 26.7 Å². The summed E-state index contributed by atoms with van der Waals surface area (Å²) in [5.41, 5.74) is 1.29. The van der Waals surface area contributed by atoms with Gasteiger partial charge in [-0.1, -0.05) is 58.4 Å². The first-order valence-electron chi connectivity index (χ1n) is 7.45. The van der Waals surface area contributed by atoms with Gasteiger partial charge in [0, 0.05) is 10.0 Å². The smallest absolute Gasteiger partial charge is 0.268 e. The number of carbonyl (C=O) groups excluding carboxylic acids is 2. The van der Waals surface area contributed by atoms with Crippen LogP contribution in [0, 0.1) is 5.82 Å². The van der Waals surface area contributed by atoms with Gasteiger partial charge in [-0.15, -0.1) is 0 Å². The number of allylic oxidation sites excluding steroid dienone is 2. The van der Waals surface area contributed by atoms with E-state index >= 15 is 0 Å². The number of benzene rings is 2. The van der Waals surface area contributed by atoms with E-state index in [1.54, 1.807) is 30.4 Å². The van der Waals surface area contributed by atoms with Crippen LogP contribution in [0.15, 0.2) is 70.1 Å². The van der Waals surface area contributed by atoms with Crippen molar-refractivity contribution in [1.82, 2.24) is 4.90 Å². The summed E-state index contributed by atoms with van der Waals surface area (Å²) in [6.07, 6.45) is 5.18. The third-order valence-corrected chi connectivity index (χ3v) is 5.02. The maximum Gasteiger partial charge on any atom is 0.293 e. The molecule has 126 valence electrons. The monoisotopic (exact) mass is 417 g/mol. The first-order chi connectivity index (χ1) is 12.0. The largest absolute Gasteiger partial charge is 0.293 e. The third kappa shape index (κ3) is 4.27. The molecule has 0 aromatic heterocycles. The second-order valence-electron chi connectivity index (χ2n) is 5.29. The molecule has 1 heterocycles. The number of nitrogens with zero attached hydrogens (tertiary/aromatic N) is 1. The summed E-state index contributed by atoms with van der Waals surface area (Å²) in [5, 5.41) is -0.392. The molecule has 0 radical (unpaired) electrons. The quantitative estimate of drug-likeness (QED) is 0.626. The highest BCUT2D eigenvalue weighted by Gasteiger charge is 2.35. The summed E-state index contributed by atoms with van der Waals surface area (Å²) >= 11 is 4.23. The first kappa shape index (κ1) is 17.6. The predicted octanol–water partition coefficient (Wildman–Crippen LogP) is 5.38. The fourth-order valence-corrected chi connectivity index (χ4v) is 3.32. The van der Waals surface area contributed by atoms with Crippen molar-refractivity contribution in [2.45, 2.75) is 6.54 Å². The summed E-state index contributed by atoms with van der Waals surface area (Å²) in [6, 6.07) is 13.8. The van der Waals surface area contributed by atoms with Crippen molar-refractivity contribution in [3.05, 3.63) is 87.0 Å². The normalized spacial score (nSPS) is 16.4. The molecule has 2 amide bonds. The van der Waals surface area contributed by atoms with Gasteiger partial charge in [-0.05, 0) is 41.6 Å². The van der Waals surface area contributed by atoms with Crippen LogP contribution in [0.5, 0.6) is 0 Å². The van der Waals surface area contributed by atoms with Gasteiger partial charge in [0.25, 0.3) is 11.1 Å². The van der Waals surface area contributed by atoms with Crippen LogP contribution in [0.3, 0.4) is 0 Å². The van der Waals surface area contributed by atoms with Crippen LogP contribution >= 0.6 is 27.7 Å². The van der Waals surface area contributed by atoms with Gasteiger partial charge in [0.1, 0.15) is 5.82 Å². The standard InChI is InChI=1S/C19H13BrFNO2S/c20-15-10-8-13(9-11-15)4-3-7-17-18(23)22(19(24)25-17)12-14-5-1-2-6-16(14)21/h1-11H,12H2/b4-3+,17-7-. The number of rotatable bonds is 4. The van der Waals surface area contributed by atoms with E-state index in [0.29, 0.717) is 10.5 Å². The van der Waals surface area contributed by atoms with Gasteiger partial charge in [-0.3, -0.25) is 14.5 Å².